The molecular formula is C26H31N3O9. The summed E-state index contributed by atoms with van der Waals surface area (Å²) in [6.45, 7) is 1.32. The second-order valence-corrected chi connectivity index (χ2v) is 10.7. The molecule has 12 nitrogen and oxygen atoms in total. The van der Waals surface area contributed by atoms with E-state index in [4.69, 9.17) is 10.5 Å². The molecule has 6 N–H and O–H groups in total. The zero-order valence-electron chi connectivity index (χ0n) is 21.1. The molecule has 4 aliphatic rings. The van der Waals surface area contributed by atoms with Crippen LogP contribution in [0, 0.1) is 17.8 Å². The Morgan fingerprint density at radius 1 is 1.16 bits per heavy atom. The zero-order valence-corrected chi connectivity index (χ0v) is 21.1. The number of nitrogens with two attached hydrogens (primary N) is 1. The van der Waals surface area contributed by atoms with Gasteiger partial charge in [-0.05, 0) is 36.8 Å². The van der Waals surface area contributed by atoms with E-state index in [-0.39, 0.29) is 36.0 Å². The first kappa shape index (κ1) is 26.1. The number of nitrogens with zero attached hydrogens (tertiary/aromatic N) is 2. The number of phenols is 1. The molecule has 2 fully saturated rings. The number of carbonyl (C=O) groups excluding carboxylic acids is 4. The van der Waals surface area contributed by atoms with Crippen LogP contribution in [0.15, 0.2) is 17.4 Å². The lowest BCUT2D eigenvalue weighted by Crippen LogP contribution is -2.63. The molecule has 1 heterocycles. The van der Waals surface area contributed by atoms with E-state index in [0.717, 1.165) is 0 Å². The molecule has 5 rings (SSSR count). The molecule has 1 saturated heterocycles. The van der Waals surface area contributed by atoms with Crippen molar-refractivity contribution in [2.75, 3.05) is 45.3 Å². The highest BCUT2D eigenvalue weighted by atomic mass is 16.5. The summed E-state index contributed by atoms with van der Waals surface area (Å²) >= 11 is 0. The maximum atomic E-state index is 13.9. The van der Waals surface area contributed by atoms with Crippen LogP contribution in [0.3, 0.4) is 0 Å². The van der Waals surface area contributed by atoms with Gasteiger partial charge >= 0.3 is 0 Å². The van der Waals surface area contributed by atoms with Crippen molar-refractivity contribution < 1.29 is 44.3 Å². The lowest BCUT2D eigenvalue weighted by Gasteiger charge is -2.48. The van der Waals surface area contributed by atoms with E-state index in [2.05, 4.69) is 0 Å². The van der Waals surface area contributed by atoms with Gasteiger partial charge in [0.05, 0.1) is 30.4 Å². The Hall–Kier alpha value is -3.48. The average Bonchev–Trinajstić information content (AvgIpc) is 2.86. The third-order valence-corrected chi connectivity index (χ3v) is 8.38. The number of rotatable bonds is 3. The minimum absolute atomic E-state index is 0.0669. The summed E-state index contributed by atoms with van der Waals surface area (Å²) in [6, 6.07) is 1.54. The minimum atomic E-state index is -2.58. The Balaban J connectivity index is 1.65. The van der Waals surface area contributed by atoms with Gasteiger partial charge < -0.3 is 40.7 Å². The van der Waals surface area contributed by atoms with Crippen molar-refractivity contribution >= 4 is 29.1 Å². The molecule has 0 bridgehead atoms. The van der Waals surface area contributed by atoms with Gasteiger partial charge in [-0.15, -0.1) is 0 Å². The minimum Gasteiger partial charge on any atom is -0.508 e. The number of allylic oxidation sites excluding steroid dienone is 1. The Labute approximate surface area is 218 Å². The Morgan fingerprint density at radius 3 is 2.42 bits per heavy atom. The second-order valence-electron chi connectivity index (χ2n) is 10.7. The van der Waals surface area contributed by atoms with Crippen LogP contribution in [-0.2, 0) is 20.7 Å². The van der Waals surface area contributed by atoms with Crippen molar-refractivity contribution in [3.63, 3.8) is 0 Å². The fourth-order valence-electron chi connectivity index (χ4n) is 6.47. The molecule has 1 saturated carbocycles. The number of hydrogen-bond donors (Lipinski definition) is 5. The summed E-state index contributed by atoms with van der Waals surface area (Å²) in [5.74, 6) is -8.37. The van der Waals surface area contributed by atoms with Crippen LogP contribution >= 0.6 is 0 Å². The van der Waals surface area contributed by atoms with Gasteiger partial charge in [0.1, 0.15) is 17.4 Å². The number of ketones is 2. The Bertz CT molecular complexity index is 1280. The topological polar surface area (TPSA) is 191 Å². The van der Waals surface area contributed by atoms with Gasteiger partial charge in [-0.1, -0.05) is 0 Å². The summed E-state index contributed by atoms with van der Waals surface area (Å²) < 4.78 is 5.30. The number of aliphatic hydroxyl groups excluding tert-OH is 2. The molecule has 0 radical (unpaired) electrons. The molecular weight excluding hydrogens is 498 g/mol. The van der Waals surface area contributed by atoms with Crippen LogP contribution < -0.4 is 10.6 Å². The quantitative estimate of drug-likeness (QED) is 0.312. The first-order chi connectivity index (χ1) is 17.9. The van der Waals surface area contributed by atoms with Crippen LogP contribution in [0.4, 0.5) is 5.69 Å². The van der Waals surface area contributed by atoms with Crippen molar-refractivity contribution in [3.8, 4) is 5.75 Å². The van der Waals surface area contributed by atoms with E-state index in [1.165, 1.54) is 11.0 Å². The first-order valence-corrected chi connectivity index (χ1v) is 12.5. The zero-order chi connectivity index (χ0) is 27.7. The molecule has 12 heteroatoms. The molecule has 1 aromatic carbocycles. The lowest BCUT2D eigenvalue weighted by atomic mass is 9.57. The van der Waals surface area contributed by atoms with E-state index in [1.807, 2.05) is 0 Å². The van der Waals surface area contributed by atoms with Crippen LogP contribution in [0.5, 0.6) is 5.75 Å². The Morgan fingerprint density at radius 2 is 1.82 bits per heavy atom. The molecule has 1 aliphatic heterocycles. The Kier molecular flexibility index (Phi) is 6.24. The van der Waals surface area contributed by atoms with Gasteiger partial charge in [0.2, 0.25) is 5.91 Å². The van der Waals surface area contributed by atoms with Crippen molar-refractivity contribution in [3.05, 3.63) is 34.1 Å². The van der Waals surface area contributed by atoms with Crippen molar-refractivity contribution in [2.24, 2.45) is 23.5 Å². The lowest BCUT2D eigenvalue weighted by molar-refractivity contribution is -0.167. The molecule has 4 unspecified atom stereocenters. The van der Waals surface area contributed by atoms with Crippen LogP contribution in [0.1, 0.15) is 39.1 Å². The fourth-order valence-corrected chi connectivity index (χ4v) is 6.47. The molecule has 0 spiro atoms. The van der Waals surface area contributed by atoms with Gasteiger partial charge in [-0.25, -0.2) is 0 Å². The maximum Gasteiger partial charge on any atom is 0.257 e. The van der Waals surface area contributed by atoms with Gasteiger partial charge in [-0.2, -0.15) is 0 Å². The molecule has 0 aromatic heterocycles. The number of anilines is 1. The number of Topliss-reactive ketones (excluding diaryl/α,β-unsaturated/α-hetero) is 2. The van der Waals surface area contributed by atoms with E-state index in [1.54, 1.807) is 19.0 Å². The van der Waals surface area contributed by atoms with Crippen molar-refractivity contribution in [1.82, 2.24) is 4.90 Å². The number of aliphatic hydroxyl groups is 3. The average molecular weight is 530 g/mol. The smallest absolute Gasteiger partial charge is 0.257 e. The number of aromatic hydroxyl groups is 1. The van der Waals surface area contributed by atoms with Crippen LogP contribution in [-0.4, -0.2) is 101 Å². The number of primary amides is 1. The van der Waals surface area contributed by atoms with Crippen molar-refractivity contribution in [1.29, 1.82) is 0 Å². The summed E-state index contributed by atoms with van der Waals surface area (Å²) in [5, 5.41) is 44.3. The summed E-state index contributed by atoms with van der Waals surface area (Å²) in [4.78, 5) is 55.5. The molecule has 5 atom stereocenters. The second kappa shape index (κ2) is 9.07. The highest BCUT2D eigenvalue weighted by molar-refractivity contribution is 6.17. The van der Waals surface area contributed by atoms with E-state index < -0.39 is 64.3 Å². The molecule has 38 heavy (non-hydrogen) atoms. The summed E-state index contributed by atoms with van der Waals surface area (Å²) in [5.41, 5.74) is 3.21. The number of amides is 2. The molecule has 2 amide bonds. The van der Waals surface area contributed by atoms with Gasteiger partial charge in [0.25, 0.3) is 5.91 Å². The van der Waals surface area contributed by atoms with Crippen LogP contribution in [0.2, 0.25) is 0 Å². The largest absolute Gasteiger partial charge is 0.508 e. The summed E-state index contributed by atoms with van der Waals surface area (Å²) in [7, 11) is 3.48. The number of ether oxygens (including phenoxy) is 1. The molecule has 1 aromatic rings. The highest BCUT2D eigenvalue weighted by Gasteiger charge is 2.62. The van der Waals surface area contributed by atoms with Gasteiger partial charge in [0.15, 0.2) is 17.2 Å². The van der Waals surface area contributed by atoms with Crippen LogP contribution in [0.25, 0.3) is 0 Å². The molecule has 3 aliphatic carbocycles. The van der Waals surface area contributed by atoms with Gasteiger partial charge in [-0.3, -0.25) is 19.2 Å². The number of morpholine rings is 1. The standard InChI is InChI=1S/C26H31N3O9/c1-28(2)15-10-14(25(36)29-3-5-38-6-4-29)20(31)18-13(15)8-11-7-12-9-16(30)19(24(27)35)23(34)26(12,37)22(33)17(11)21(18)32/h10-12,16,19,30-31,33,37H,3-9H2,1-2H3,(H2,27,35)/t11?,12?,16?,19?,26-/m0/s1. The number of hydrogen-bond acceptors (Lipinski definition) is 10. The van der Waals surface area contributed by atoms with E-state index in [9.17, 15) is 39.6 Å². The third-order valence-electron chi connectivity index (χ3n) is 8.38. The first-order valence-electron chi connectivity index (χ1n) is 12.5. The molecule has 204 valence electrons. The van der Waals surface area contributed by atoms with E-state index in [0.29, 0.717) is 37.6 Å². The number of fused-ring (bicyclic) bond motifs is 3. The third kappa shape index (κ3) is 3.62. The predicted molar refractivity (Wildman–Crippen MR) is 132 cm³/mol. The predicted octanol–water partition coefficient (Wildman–Crippen LogP) is -0.716. The fraction of sp³-hybridized carbons (Fsp3) is 0.538. The number of carbonyl (C=O) groups is 4. The van der Waals surface area contributed by atoms with E-state index >= 15 is 0 Å². The van der Waals surface area contributed by atoms with Crippen molar-refractivity contribution in [2.45, 2.75) is 31.0 Å². The number of phenolic OH excluding ortho intramolecular Hbond substituents is 1. The maximum absolute atomic E-state index is 13.9. The number of benzene rings is 1. The normalized spacial score (nSPS) is 30.9. The van der Waals surface area contributed by atoms with Gasteiger partial charge in [0, 0.05) is 44.4 Å². The SMILES string of the molecule is CN(C)c1cc(C(=O)N2CCOCC2)c(O)c2c1CC1CC3CC(O)C(C(N)=O)C(=O)[C@@]3(O)C(O)=C1C2=O. The summed E-state index contributed by atoms with van der Waals surface area (Å²) in [6.07, 6.45) is -1.37. The monoisotopic (exact) mass is 529 g/mol. The highest BCUT2D eigenvalue weighted by Crippen LogP contribution is 2.53.